The van der Waals surface area contributed by atoms with Gasteiger partial charge >= 0.3 is 0 Å². The van der Waals surface area contributed by atoms with Gasteiger partial charge < -0.3 is 9.84 Å². The van der Waals surface area contributed by atoms with Gasteiger partial charge in [0.2, 0.25) is 5.89 Å². The zero-order chi connectivity index (χ0) is 16.8. The monoisotopic (exact) mass is 342 g/mol. The Morgan fingerprint density at radius 2 is 1.96 bits per heavy atom. The summed E-state index contributed by atoms with van der Waals surface area (Å²) < 4.78 is 5.20. The number of hydrogen-bond acceptors (Lipinski definition) is 5. The van der Waals surface area contributed by atoms with Crippen LogP contribution in [-0.2, 0) is 19.4 Å². The Labute approximate surface area is 143 Å². The van der Waals surface area contributed by atoms with E-state index in [2.05, 4.69) is 32.6 Å². The molecule has 122 valence electrons. The van der Waals surface area contributed by atoms with Crippen molar-refractivity contribution in [1.29, 1.82) is 0 Å². The van der Waals surface area contributed by atoms with E-state index in [0.29, 0.717) is 28.9 Å². The Morgan fingerprint density at radius 3 is 2.71 bits per heavy atom. The van der Waals surface area contributed by atoms with Crippen molar-refractivity contribution in [1.82, 2.24) is 20.4 Å². The number of amides is 1. The molecule has 0 aliphatic carbocycles. The third kappa shape index (κ3) is 4.39. The number of carbonyl (C=O) groups excluding carboxylic acids is 1. The van der Waals surface area contributed by atoms with Gasteiger partial charge in [-0.2, -0.15) is 4.98 Å². The first-order chi connectivity index (χ1) is 11.7. The molecule has 7 heteroatoms. The normalized spacial score (nSPS) is 10.5. The number of hydrogen-bond donors (Lipinski definition) is 1. The molecular weight excluding hydrogens is 328 g/mol. The van der Waals surface area contributed by atoms with E-state index in [1.165, 1.54) is 11.8 Å². The zero-order valence-electron chi connectivity index (χ0n) is 12.8. The Balaban J connectivity index is 1.50. The summed E-state index contributed by atoms with van der Waals surface area (Å²) in [4.78, 5) is 20.1. The summed E-state index contributed by atoms with van der Waals surface area (Å²) in [7, 11) is 0. The molecule has 0 aliphatic rings. The molecule has 0 saturated heterocycles. The van der Waals surface area contributed by atoms with Gasteiger partial charge in [-0.1, -0.05) is 47.1 Å². The van der Waals surface area contributed by atoms with Crippen LogP contribution in [0.2, 0.25) is 5.15 Å². The standard InChI is InChI=1S/C17H15ClN4O2/c18-14-8-7-13(10-19-14)17(23)20-11-15-21-16(24-22-15)9-6-12-4-2-1-3-5-12/h1-5,7-8,10H,6,9,11H2,(H,20,23). The van der Waals surface area contributed by atoms with E-state index in [1.54, 1.807) is 12.1 Å². The van der Waals surface area contributed by atoms with Gasteiger partial charge in [0.25, 0.3) is 5.91 Å². The minimum Gasteiger partial charge on any atom is -0.345 e. The summed E-state index contributed by atoms with van der Waals surface area (Å²) in [6.45, 7) is 0.191. The third-order valence-corrected chi connectivity index (χ3v) is 3.60. The lowest BCUT2D eigenvalue weighted by atomic mass is 10.1. The van der Waals surface area contributed by atoms with Crippen LogP contribution in [0.15, 0.2) is 53.2 Å². The highest BCUT2D eigenvalue weighted by Crippen LogP contribution is 2.07. The number of carbonyl (C=O) groups is 1. The van der Waals surface area contributed by atoms with Gasteiger partial charge in [-0.15, -0.1) is 0 Å². The first-order valence-electron chi connectivity index (χ1n) is 7.46. The third-order valence-electron chi connectivity index (χ3n) is 3.38. The molecule has 0 fully saturated rings. The molecule has 2 heterocycles. The maximum Gasteiger partial charge on any atom is 0.253 e. The highest BCUT2D eigenvalue weighted by atomic mass is 35.5. The van der Waals surface area contributed by atoms with Crippen molar-refractivity contribution in [2.24, 2.45) is 0 Å². The lowest BCUT2D eigenvalue weighted by Crippen LogP contribution is -2.23. The molecule has 6 nitrogen and oxygen atoms in total. The molecule has 0 aliphatic heterocycles. The topological polar surface area (TPSA) is 80.9 Å². The van der Waals surface area contributed by atoms with Crippen LogP contribution in [-0.4, -0.2) is 21.0 Å². The van der Waals surface area contributed by atoms with Crippen LogP contribution in [0.3, 0.4) is 0 Å². The molecule has 0 spiro atoms. The Hall–Kier alpha value is -2.73. The Bertz CT molecular complexity index is 803. The van der Waals surface area contributed by atoms with Crippen molar-refractivity contribution in [2.75, 3.05) is 0 Å². The molecule has 1 N–H and O–H groups in total. The number of aromatic nitrogens is 3. The van der Waals surface area contributed by atoms with Crippen LogP contribution < -0.4 is 5.32 Å². The maximum absolute atomic E-state index is 12.0. The fourth-order valence-electron chi connectivity index (χ4n) is 2.13. The maximum atomic E-state index is 12.0. The van der Waals surface area contributed by atoms with E-state index in [4.69, 9.17) is 16.1 Å². The van der Waals surface area contributed by atoms with Crippen LogP contribution in [0.1, 0.15) is 27.6 Å². The Kier molecular flexibility index (Phi) is 5.18. The number of aryl methyl sites for hydroxylation is 2. The van der Waals surface area contributed by atoms with Crippen LogP contribution in [0.4, 0.5) is 0 Å². The average molecular weight is 343 g/mol. The van der Waals surface area contributed by atoms with Gasteiger partial charge in [-0.25, -0.2) is 4.98 Å². The van der Waals surface area contributed by atoms with E-state index in [1.807, 2.05) is 18.2 Å². The SMILES string of the molecule is O=C(NCc1noc(CCc2ccccc2)n1)c1ccc(Cl)nc1. The molecular formula is C17H15ClN4O2. The molecule has 2 aromatic heterocycles. The fourth-order valence-corrected chi connectivity index (χ4v) is 2.24. The first-order valence-corrected chi connectivity index (χ1v) is 7.83. The number of nitrogens with one attached hydrogen (secondary N) is 1. The summed E-state index contributed by atoms with van der Waals surface area (Å²) in [6, 6.07) is 13.2. The smallest absolute Gasteiger partial charge is 0.253 e. The van der Waals surface area contributed by atoms with Crippen molar-refractivity contribution in [3.8, 4) is 0 Å². The van der Waals surface area contributed by atoms with Crippen LogP contribution >= 0.6 is 11.6 Å². The highest BCUT2D eigenvalue weighted by Gasteiger charge is 2.10. The summed E-state index contributed by atoms with van der Waals surface area (Å²) in [5, 5.41) is 6.93. The lowest BCUT2D eigenvalue weighted by molar-refractivity contribution is 0.0949. The van der Waals surface area contributed by atoms with Gasteiger partial charge in [0.1, 0.15) is 5.15 Å². The second kappa shape index (κ2) is 7.70. The van der Waals surface area contributed by atoms with Gasteiger partial charge in [-0.05, 0) is 24.1 Å². The molecule has 1 aromatic carbocycles. The van der Waals surface area contributed by atoms with Crippen molar-refractivity contribution in [3.05, 3.63) is 76.7 Å². The van der Waals surface area contributed by atoms with E-state index >= 15 is 0 Å². The molecule has 0 bridgehead atoms. The molecule has 0 saturated carbocycles. The number of halogens is 1. The quantitative estimate of drug-likeness (QED) is 0.697. The molecule has 0 atom stereocenters. The average Bonchev–Trinajstić information content (AvgIpc) is 3.07. The molecule has 1 amide bonds. The van der Waals surface area contributed by atoms with Crippen molar-refractivity contribution >= 4 is 17.5 Å². The van der Waals surface area contributed by atoms with Crippen molar-refractivity contribution in [2.45, 2.75) is 19.4 Å². The van der Waals surface area contributed by atoms with E-state index < -0.39 is 0 Å². The van der Waals surface area contributed by atoms with E-state index in [0.717, 1.165) is 6.42 Å². The van der Waals surface area contributed by atoms with Crippen molar-refractivity contribution < 1.29 is 9.32 Å². The lowest BCUT2D eigenvalue weighted by Gasteiger charge is -2.01. The molecule has 3 rings (SSSR count). The summed E-state index contributed by atoms with van der Waals surface area (Å²) in [6.07, 6.45) is 2.90. The fraction of sp³-hybridized carbons (Fsp3) is 0.176. The zero-order valence-corrected chi connectivity index (χ0v) is 13.5. The second-order valence-corrected chi connectivity index (χ2v) is 5.53. The Morgan fingerprint density at radius 1 is 1.12 bits per heavy atom. The predicted molar refractivity (Wildman–Crippen MR) is 88.6 cm³/mol. The number of benzene rings is 1. The molecule has 3 aromatic rings. The number of rotatable bonds is 6. The predicted octanol–water partition coefficient (Wildman–Crippen LogP) is 2.83. The first kappa shape index (κ1) is 16.1. The van der Waals surface area contributed by atoms with Gasteiger partial charge in [0.05, 0.1) is 12.1 Å². The molecule has 24 heavy (non-hydrogen) atoms. The van der Waals surface area contributed by atoms with Gasteiger partial charge in [0.15, 0.2) is 5.82 Å². The molecule has 0 unspecified atom stereocenters. The molecule has 0 radical (unpaired) electrons. The summed E-state index contributed by atoms with van der Waals surface area (Å²) >= 11 is 5.69. The highest BCUT2D eigenvalue weighted by molar-refractivity contribution is 6.29. The minimum atomic E-state index is -0.269. The summed E-state index contributed by atoms with van der Waals surface area (Å²) in [5.74, 6) is 0.722. The van der Waals surface area contributed by atoms with Crippen LogP contribution in [0.25, 0.3) is 0 Å². The number of nitrogens with zero attached hydrogens (tertiary/aromatic N) is 3. The van der Waals surface area contributed by atoms with Gasteiger partial charge in [-0.3, -0.25) is 4.79 Å². The van der Waals surface area contributed by atoms with E-state index in [9.17, 15) is 4.79 Å². The van der Waals surface area contributed by atoms with Gasteiger partial charge in [0, 0.05) is 12.6 Å². The second-order valence-electron chi connectivity index (χ2n) is 5.14. The summed E-state index contributed by atoms with van der Waals surface area (Å²) in [5.41, 5.74) is 1.63. The van der Waals surface area contributed by atoms with Crippen LogP contribution in [0, 0.1) is 0 Å². The largest absolute Gasteiger partial charge is 0.345 e. The van der Waals surface area contributed by atoms with E-state index in [-0.39, 0.29) is 12.5 Å². The minimum absolute atomic E-state index is 0.191. The van der Waals surface area contributed by atoms with Crippen molar-refractivity contribution in [3.63, 3.8) is 0 Å². The van der Waals surface area contributed by atoms with Crippen LogP contribution in [0.5, 0.6) is 0 Å². The number of pyridine rings is 1.